The molecule has 0 saturated carbocycles. The third-order valence-corrected chi connectivity index (χ3v) is 1.82. The van der Waals surface area contributed by atoms with E-state index < -0.39 is 0 Å². The number of carbonyl (C=O) groups is 1. The minimum absolute atomic E-state index is 0.355. The second-order valence-electron chi connectivity index (χ2n) is 2.70. The lowest BCUT2D eigenvalue weighted by molar-refractivity contribution is 0.0528. The van der Waals surface area contributed by atoms with Gasteiger partial charge >= 0.3 is 5.97 Å². The van der Waals surface area contributed by atoms with Crippen molar-refractivity contribution in [3.63, 3.8) is 0 Å². The first-order chi connectivity index (χ1) is 6.83. The molecule has 5 nitrogen and oxygen atoms in total. The van der Waals surface area contributed by atoms with Crippen LogP contribution in [0.15, 0.2) is 24.7 Å². The lowest BCUT2D eigenvalue weighted by Crippen LogP contribution is -2.06. The number of pyridine rings is 1. The third-order valence-electron chi connectivity index (χ3n) is 1.82. The van der Waals surface area contributed by atoms with Gasteiger partial charge in [0, 0.05) is 6.20 Å². The van der Waals surface area contributed by atoms with Crippen molar-refractivity contribution in [2.24, 2.45) is 0 Å². The number of nitrogens with zero attached hydrogens (tertiary/aromatic N) is 3. The zero-order valence-corrected chi connectivity index (χ0v) is 7.67. The summed E-state index contributed by atoms with van der Waals surface area (Å²) >= 11 is 0. The van der Waals surface area contributed by atoms with Crippen LogP contribution in [0.4, 0.5) is 0 Å². The van der Waals surface area contributed by atoms with Crippen LogP contribution in [0.5, 0.6) is 0 Å². The topological polar surface area (TPSA) is 56.5 Å². The van der Waals surface area contributed by atoms with E-state index in [0.717, 1.165) is 0 Å². The maximum Gasteiger partial charge on any atom is 0.341 e. The number of rotatable bonds is 2. The highest BCUT2D eigenvalue weighted by Gasteiger charge is 2.12. The van der Waals surface area contributed by atoms with E-state index in [9.17, 15) is 4.79 Å². The predicted octanol–water partition coefficient (Wildman–Crippen LogP) is 0.906. The summed E-state index contributed by atoms with van der Waals surface area (Å²) in [6.07, 6.45) is 3.32. The Labute approximate surface area is 80.3 Å². The first-order valence-electron chi connectivity index (χ1n) is 4.28. The van der Waals surface area contributed by atoms with Crippen molar-refractivity contribution in [2.45, 2.75) is 6.92 Å². The number of hydrogen-bond donors (Lipinski definition) is 0. The van der Waals surface area contributed by atoms with Gasteiger partial charge in [-0.05, 0) is 19.1 Å². The minimum atomic E-state index is -0.369. The van der Waals surface area contributed by atoms with Gasteiger partial charge in [-0.15, -0.1) is 10.2 Å². The summed E-state index contributed by atoms with van der Waals surface area (Å²) in [7, 11) is 0. The quantitative estimate of drug-likeness (QED) is 0.662. The lowest BCUT2D eigenvalue weighted by Gasteiger charge is -2.01. The van der Waals surface area contributed by atoms with Crippen LogP contribution in [0.2, 0.25) is 0 Å². The van der Waals surface area contributed by atoms with E-state index in [2.05, 4.69) is 10.2 Å². The van der Waals surface area contributed by atoms with Crippen LogP contribution in [0.1, 0.15) is 17.3 Å². The number of carbonyl (C=O) groups excluding carboxylic acids is 1. The summed E-state index contributed by atoms with van der Waals surface area (Å²) in [6, 6.07) is 3.42. The highest BCUT2D eigenvalue weighted by molar-refractivity contribution is 5.95. The number of aromatic nitrogens is 3. The Morgan fingerprint density at radius 1 is 1.64 bits per heavy atom. The number of hydrogen-bond acceptors (Lipinski definition) is 4. The molecule has 14 heavy (non-hydrogen) atoms. The van der Waals surface area contributed by atoms with Gasteiger partial charge in [-0.2, -0.15) is 0 Å². The highest BCUT2D eigenvalue weighted by atomic mass is 16.5. The summed E-state index contributed by atoms with van der Waals surface area (Å²) in [4.78, 5) is 11.5. The largest absolute Gasteiger partial charge is 0.462 e. The average Bonchev–Trinajstić information content (AvgIpc) is 2.65. The number of esters is 1. The summed E-state index contributed by atoms with van der Waals surface area (Å²) < 4.78 is 6.56. The molecule has 0 saturated heterocycles. The van der Waals surface area contributed by atoms with E-state index in [0.29, 0.717) is 17.8 Å². The molecule has 0 spiro atoms. The van der Waals surface area contributed by atoms with Gasteiger partial charge in [-0.1, -0.05) is 0 Å². The molecule has 0 bridgehead atoms. The number of ether oxygens (including phenoxy) is 1. The molecule has 0 aliphatic heterocycles. The highest BCUT2D eigenvalue weighted by Crippen LogP contribution is 2.08. The van der Waals surface area contributed by atoms with E-state index in [1.807, 2.05) is 0 Å². The molecule has 0 unspecified atom stereocenters. The van der Waals surface area contributed by atoms with Crippen molar-refractivity contribution in [2.75, 3.05) is 6.61 Å². The Bertz CT molecular complexity index is 464. The molecule has 72 valence electrons. The van der Waals surface area contributed by atoms with Crippen LogP contribution in [-0.4, -0.2) is 27.2 Å². The van der Waals surface area contributed by atoms with Gasteiger partial charge in [0.15, 0.2) is 5.65 Å². The fourth-order valence-electron chi connectivity index (χ4n) is 1.22. The van der Waals surface area contributed by atoms with Crippen molar-refractivity contribution < 1.29 is 9.53 Å². The van der Waals surface area contributed by atoms with Crippen LogP contribution >= 0.6 is 0 Å². The summed E-state index contributed by atoms with van der Waals surface area (Å²) in [5.74, 6) is -0.369. The van der Waals surface area contributed by atoms with Crippen LogP contribution in [0, 0.1) is 0 Å². The molecule has 5 heteroatoms. The summed E-state index contributed by atoms with van der Waals surface area (Å²) in [5.41, 5.74) is 0.956. The minimum Gasteiger partial charge on any atom is -0.462 e. The smallest absolute Gasteiger partial charge is 0.341 e. The van der Waals surface area contributed by atoms with Gasteiger partial charge in [0.2, 0.25) is 0 Å². The second-order valence-corrected chi connectivity index (χ2v) is 2.70. The van der Waals surface area contributed by atoms with E-state index in [-0.39, 0.29) is 5.97 Å². The van der Waals surface area contributed by atoms with Crippen LogP contribution in [0.3, 0.4) is 0 Å². The molecular weight excluding hydrogens is 182 g/mol. The zero-order valence-electron chi connectivity index (χ0n) is 7.67. The monoisotopic (exact) mass is 191 g/mol. The fraction of sp³-hybridized carbons (Fsp3) is 0.222. The Kier molecular flexibility index (Phi) is 2.14. The molecule has 0 fully saturated rings. The van der Waals surface area contributed by atoms with Crippen molar-refractivity contribution in [1.29, 1.82) is 0 Å². The summed E-state index contributed by atoms with van der Waals surface area (Å²) in [5, 5.41) is 7.54. The van der Waals surface area contributed by atoms with Crippen LogP contribution in [0.25, 0.3) is 5.65 Å². The molecule has 0 amide bonds. The van der Waals surface area contributed by atoms with Crippen molar-refractivity contribution in [3.8, 4) is 0 Å². The summed E-state index contributed by atoms with van der Waals surface area (Å²) in [6.45, 7) is 2.12. The molecule has 0 atom stereocenters. The van der Waals surface area contributed by atoms with Gasteiger partial charge < -0.3 is 4.74 Å². The molecule has 0 aliphatic carbocycles. The molecule has 0 N–H and O–H groups in total. The van der Waals surface area contributed by atoms with Crippen LogP contribution < -0.4 is 0 Å². The molecule has 0 aromatic carbocycles. The van der Waals surface area contributed by atoms with Crippen molar-refractivity contribution in [3.05, 3.63) is 30.2 Å². The van der Waals surface area contributed by atoms with E-state index in [1.165, 1.54) is 6.33 Å². The van der Waals surface area contributed by atoms with Gasteiger partial charge in [-0.25, -0.2) is 4.79 Å². The first kappa shape index (κ1) is 8.68. The maximum atomic E-state index is 11.5. The zero-order chi connectivity index (χ0) is 9.97. The predicted molar refractivity (Wildman–Crippen MR) is 48.9 cm³/mol. The normalized spacial score (nSPS) is 10.4. The molecule has 2 heterocycles. The SMILES string of the molecule is CCOC(=O)c1cccn2cnnc12. The number of fused-ring (bicyclic) bond motifs is 1. The van der Waals surface area contributed by atoms with Gasteiger partial charge in [-0.3, -0.25) is 4.40 Å². The maximum absolute atomic E-state index is 11.5. The Morgan fingerprint density at radius 2 is 2.50 bits per heavy atom. The Balaban J connectivity index is 2.50. The van der Waals surface area contributed by atoms with Gasteiger partial charge in [0.25, 0.3) is 0 Å². The van der Waals surface area contributed by atoms with Gasteiger partial charge in [0.1, 0.15) is 11.9 Å². The van der Waals surface area contributed by atoms with E-state index in [4.69, 9.17) is 4.74 Å². The van der Waals surface area contributed by atoms with E-state index >= 15 is 0 Å². The van der Waals surface area contributed by atoms with E-state index in [1.54, 1.807) is 29.7 Å². The van der Waals surface area contributed by atoms with Crippen molar-refractivity contribution in [1.82, 2.24) is 14.6 Å². The molecule has 2 aromatic rings. The Morgan fingerprint density at radius 3 is 3.29 bits per heavy atom. The average molecular weight is 191 g/mol. The fourth-order valence-corrected chi connectivity index (χ4v) is 1.22. The molecule has 2 rings (SSSR count). The third kappa shape index (κ3) is 1.32. The molecule has 0 aliphatic rings. The molecule has 0 radical (unpaired) electrons. The molecule has 2 aromatic heterocycles. The standard InChI is InChI=1S/C9H9N3O2/c1-2-14-9(13)7-4-3-5-12-6-10-11-8(7)12/h3-6H,2H2,1H3. The van der Waals surface area contributed by atoms with Crippen LogP contribution in [-0.2, 0) is 4.74 Å². The Hall–Kier alpha value is -1.91. The van der Waals surface area contributed by atoms with Gasteiger partial charge in [0.05, 0.1) is 6.61 Å². The molecular formula is C9H9N3O2. The van der Waals surface area contributed by atoms with Crippen molar-refractivity contribution >= 4 is 11.6 Å². The second kappa shape index (κ2) is 3.45. The first-order valence-corrected chi connectivity index (χ1v) is 4.28. The lowest BCUT2D eigenvalue weighted by atomic mass is 10.3.